The quantitative estimate of drug-likeness (QED) is 0.724. The summed E-state index contributed by atoms with van der Waals surface area (Å²) in [5.74, 6) is -0.217. The van der Waals surface area contributed by atoms with Crippen LogP contribution in [0.1, 0.15) is 11.1 Å². The van der Waals surface area contributed by atoms with Gasteiger partial charge in [0.25, 0.3) is 0 Å². The lowest BCUT2D eigenvalue weighted by molar-refractivity contribution is 0.617. The van der Waals surface area contributed by atoms with Crippen molar-refractivity contribution in [2.24, 2.45) is 0 Å². The normalized spacial score (nSPS) is 10.4. The Kier molecular flexibility index (Phi) is 2.26. The van der Waals surface area contributed by atoms with Gasteiger partial charge >= 0.3 is 0 Å². The van der Waals surface area contributed by atoms with Gasteiger partial charge in [0.1, 0.15) is 18.5 Å². The van der Waals surface area contributed by atoms with Gasteiger partial charge in [0, 0.05) is 0 Å². The largest absolute Gasteiger partial charge is 0.249 e. The van der Waals surface area contributed by atoms with Crippen LogP contribution in [0, 0.1) is 12.7 Å². The summed E-state index contributed by atoms with van der Waals surface area (Å²) in [6.45, 7) is 2.51. The molecular formula is C10H10FN3. The topological polar surface area (TPSA) is 30.7 Å². The van der Waals surface area contributed by atoms with E-state index in [2.05, 4.69) is 10.1 Å². The molecule has 0 aliphatic heterocycles. The number of nitrogens with zero attached hydrogens (tertiary/aromatic N) is 3. The number of aryl methyl sites for hydroxylation is 1. The van der Waals surface area contributed by atoms with Crippen LogP contribution in [0.3, 0.4) is 0 Å². The highest BCUT2D eigenvalue weighted by molar-refractivity contribution is 5.26. The van der Waals surface area contributed by atoms with Crippen molar-refractivity contribution >= 4 is 0 Å². The fraction of sp³-hybridized carbons (Fsp3) is 0.200. The van der Waals surface area contributed by atoms with E-state index in [-0.39, 0.29) is 5.82 Å². The number of hydrogen-bond acceptors (Lipinski definition) is 2. The summed E-state index contributed by atoms with van der Waals surface area (Å²) < 4.78 is 14.6. The molecule has 0 N–H and O–H groups in total. The maximum Gasteiger partial charge on any atom is 0.137 e. The van der Waals surface area contributed by atoms with E-state index in [4.69, 9.17) is 0 Å². The molecule has 0 amide bonds. The second-order valence-corrected chi connectivity index (χ2v) is 3.16. The predicted molar refractivity (Wildman–Crippen MR) is 50.3 cm³/mol. The molecule has 0 aliphatic rings. The van der Waals surface area contributed by atoms with Crippen LogP contribution in [0.15, 0.2) is 30.9 Å². The zero-order valence-corrected chi connectivity index (χ0v) is 7.81. The summed E-state index contributed by atoms with van der Waals surface area (Å²) >= 11 is 0. The van der Waals surface area contributed by atoms with Gasteiger partial charge in [-0.05, 0) is 30.2 Å². The molecule has 2 rings (SSSR count). The van der Waals surface area contributed by atoms with E-state index >= 15 is 0 Å². The average Bonchev–Trinajstić information content (AvgIpc) is 2.64. The van der Waals surface area contributed by atoms with Gasteiger partial charge in [-0.2, -0.15) is 5.10 Å². The molecule has 0 aliphatic carbocycles. The number of hydrogen-bond donors (Lipinski definition) is 0. The first-order valence-electron chi connectivity index (χ1n) is 4.33. The van der Waals surface area contributed by atoms with E-state index in [0.717, 1.165) is 11.1 Å². The monoisotopic (exact) mass is 191 g/mol. The summed E-state index contributed by atoms with van der Waals surface area (Å²) in [6.07, 6.45) is 3.08. The smallest absolute Gasteiger partial charge is 0.137 e. The molecule has 0 spiro atoms. The van der Waals surface area contributed by atoms with Gasteiger partial charge in [0.15, 0.2) is 0 Å². The van der Waals surface area contributed by atoms with E-state index in [1.54, 1.807) is 17.1 Å². The van der Waals surface area contributed by atoms with Gasteiger partial charge in [-0.15, -0.1) is 0 Å². The first kappa shape index (κ1) is 8.87. The number of rotatable bonds is 2. The Morgan fingerprint density at radius 2 is 2.29 bits per heavy atom. The lowest BCUT2D eigenvalue weighted by Crippen LogP contribution is -2.02. The van der Waals surface area contributed by atoms with Gasteiger partial charge in [-0.3, -0.25) is 0 Å². The van der Waals surface area contributed by atoms with Crippen molar-refractivity contribution in [1.29, 1.82) is 0 Å². The van der Waals surface area contributed by atoms with Gasteiger partial charge in [0.2, 0.25) is 0 Å². The van der Waals surface area contributed by atoms with Crippen LogP contribution in [0.4, 0.5) is 4.39 Å². The van der Waals surface area contributed by atoms with E-state index in [1.165, 1.54) is 18.5 Å². The molecule has 72 valence electrons. The van der Waals surface area contributed by atoms with E-state index in [0.29, 0.717) is 6.54 Å². The fourth-order valence-corrected chi connectivity index (χ4v) is 1.30. The predicted octanol–water partition coefficient (Wildman–Crippen LogP) is 1.77. The molecule has 0 bridgehead atoms. The van der Waals surface area contributed by atoms with Crippen molar-refractivity contribution in [3.63, 3.8) is 0 Å². The molecule has 0 saturated carbocycles. The van der Waals surface area contributed by atoms with Crippen LogP contribution < -0.4 is 0 Å². The van der Waals surface area contributed by atoms with Crippen LogP contribution >= 0.6 is 0 Å². The summed E-state index contributed by atoms with van der Waals surface area (Å²) in [5, 5.41) is 3.97. The van der Waals surface area contributed by atoms with Crippen molar-refractivity contribution in [3.05, 3.63) is 47.8 Å². The van der Waals surface area contributed by atoms with Gasteiger partial charge < -0.3 is 0 Å². The highest BCUT2D eigenvalue weighted by atomic mass is 19.1. The molecule has 1 aromatic carbocycles. The highest BCUT2D eigenvalue weighted by Gasteiger charge is 2.01. The average molecular weight is 191 g/mol. The van der Waals surface area contributed by atoms with Crippen molar-refractivity contribution in [2.45, 2.75) is 13.5 Å². The van der Waals surface area contributed by atoms with Gasteiger partial charge in [0.05, 0.1) is 6.54 Å². The summed E-state index contributed by atoms with van der Waals surface area (Å²) in [4.78, 5) is 3.83. The Bertz CT molecular complexity index is 423. The Morgan fingerprint density at radius 1 is 1.43 bits per heavy atom. The Morgan fingerprint density at radius 3 is 3.00 bits per heavy atom. The third kappa shape index (κ3) is 1.79. The molecule has 4 heteroatoms. The molecule has 0 fully saturated rings. The summed E-state index contributed by atoms with van der Waals surface area (Å²) in [6, 6.07) is 4.75. The minimum Gasteiger partial charge on any atom is -0.249 e. The molecule has 1 aromatic heterocycles. The van der Waals surface area contributed by atoms with Crippen molar-refractivity contribution in [2.75, 3.05) is 0 Å². The van der Waals surface area contributed by atoms with Crippen LogP contribution in [-0.2, 0) is 6.54 Å². The van der Waals surface area contributed by atoms with Crippen LogP contribution in [0.5, 0.6) is 0 Å². The maximum absolute atomic E-state index is 12.9. The maximum atomic E-state index is 12.9. The standard InChI is InChI=1S/C10H10FN3/c1-8-2-3-10(11)4-9(8)5-14-7-12-6-13-14/h2-4,6-7H,5H2,1H3. The zero-order chi connectivity index (χ0) is 9.97. The van der Waals surface area contributed by atoms with Crippen LogP contribution in [0.25, 0.3) is 0 Å². The van der Waals surface area contributed by atoms with Crippen LogP contribution in [-0.4, -0.2) is 14.8 Å². The second-order valence-electron chi connectivity index (χ2n) is 3.16. The lowest BCUT2D eigenvalue weighted by Gasteiger charge is -2.05. The Labute approximate surface area is 81.2 Å². The number of halogens is 1. The molecule has 14 heavy (non-hydrogen) atoms. The summed E-state index contributed by atoms with van der Waals surface area (Å²) in [5.41, 5.74) is 1.98. The minimum absolute atomic E-state index is 0.217. The SMILES string of the molecule is Cc1ccc(F)cc1Cn1cncn1. The lowest BCUT2D eigenvalue weighted by atomic mass is 10.1. The molecule has 0 radical (unpaired) electrons. The van der Waals surface area contributed by atoms with Crippen molar-refractivity contribution in [3.8, 4) is 0 Å². The highest BCUT2D eigenvalue weighted by Crippen LogP contribution is 2.10. The zero-order valence-electron chi connectivity index (χ0n) is 7.81. The molecule has 2 aromatic rings. The first-order chi connectivity index (χ1) is 6.75. The molecule has 0 unspecified atom stereocenters. The van der Waals surface area contributed by atoms with E-state index < -0.39 is 0 Å². The third-order valence-corrected chi connectivity index (χ3v) is 2.11. The number of benzene rings is 1. The third-order valence-electron chi connectivity index (χ3n) is 2.11. The molecule has 0 atom stereocenters. The number of aromatic nitrogens is 3. The fourth-order valence-electron chi connectivity index (χ4n) is 1.30. The molecule has 3 nitrogen and oxygen atoms in total. The minimum atomic E-state index is -0.217. The Hall–Kier alpha value is -1.71. The van der Waals surface area contributed by atoms with Gasteiger partial charge in [-0.1, -0.05) is 6.07 Å². The second kappa shape index (κ2) is 3.57. The van der Waals surface area contributed by atoms with E-state index in [1.807, 2.05) is 6.92 Å². The van der Waals surface area contributed by atoms with Gasteiger partial charge in [-0.25, -0.2) is 14.1 Å². The Balaban J connectivity index is 2.28. The van der Waals surface area contributed by atoms with E-state index in [9.17, 15) is 4.39 Å². The van der Waals surface area contributed by atoms with Crippen molar-refractivity contribution < 1.29 is 4.39 Å². The molecule has 0 saturated heterocycles. The molecule has 1 heterocycles. The first-order valence-corrected chi connectivity index (χ1v) is 4.33. The van der Waals surface area contributed by atoms with Crippen molar-refractivity contribution in [1.82, 2.24) is 14.8 Å². The summed E-state index contributed by atoms with van der Waals surface area (Å²) in [7, 11) is 0. The van der Waals surface area contributed by atoms with Crippen LogP contribution in [0.2, 0.25) is 0 Å². The molecular weight excluding hydrogens is 181 g/mol.